The second-order valence-electron chi connectivity index (χ2n) is 3.43. The molecule has 0 N–H and O–H groups in total. The lowest BCUT2D eigenvalue weighted by Gasteiger charge is -2.40. The van der Waals surface area contributed by atoms with Gasteiger partial charge in [-0.1, -0.05) is 19.4 Å². The summed E-state index contributed by atoms with van der Waals surface area (Å²) >= 11 is 0. The minimum Gasteiger partial charge on any atom is -0.306 e. The van der Waals surface area contributed by atoms with E-state index < -0.39 is 15.1 Å². The smallest absolute Gasteiger partial charge is 0.306 e. The molecule has 0 bridgehead atoms. The summed E-state index contributed by atoms with van der Waals surface area (Å²) in [7, 11) is -9.57. The van der Waals surface area contributed by atoms with Crippen LogP contribution in [0.1, 0.15) is 0 Å². The molecule has 1 heterocycles. The number of benzene rings is 1. The van der Waals surface area contributed by atoms with Gasteiger partial charge in [-0.2, -0.15) is 0 Å². The molecule has 0 spiro atoms. The van der Waals surface area contributed by atoms with Crippen LogP contribution in [0.4, 0.5) is 19.4 Å². The van der Waals surface area contributed by atoms with Crippen molar-refractivity contribution in [3.8, 4) is 5.69 Å². The van der Waals surface area contributed by atoms with Crippen LogP contribution < -0.4 is 0 Å². The lowest BCUT2D eigenvalue weighted by Crippen LogP contribution is -2.06. The van der Waals surface area contributed by atoms with Gasteiger partial charge in [-0.3, -0.25) is 0 Å². The highest BCUT2D eigenvalue weighted by molar-refractivity contribution is 8.45. The minimum absolute atomic E-state index is 0.327. The first kappa shape index (κ1) is 11.9. The average Bonchev–Trinajstić information content (AvgIpc) is 2.67. The molecular weight excluding hydrogens is 263 g/mol. The van der Waals surface area contributed by atoms with Gasteiger partial charge >= 0.3 is 10.2 Å². The van der Waals surface area contributed by atoms with Gasteiger partial charge in [-0.15, -0.1) is 0 Å². The van der Waals surface area contributed by atoms with Crippen molar-refractivity contribution < 1.29 is 19.4 Å². The van der Waals surface area contributed by atoms with Crippen LogP contribution in [-0.4, -0.2) is 9.55 Å². The molecule has 2 rings (SSSR count). The number of hydrogen-bond acceptors (Lipinski definition) is 1. The summed E-state index contributed by atoms with van der Waals surface area (Å²) in [5, 5.41) is 0. The highest BCUT2D eigenvalue weighted by atomic mass is 32.5. The fourth-order valence-electron chi connectivity index (χ4n) is 1.29. The third kappa shape index (κ3) is 2.57. The van der Waals surface area contributed by atoms with Crippen molar-refractivity contribution in [2.24, 2.45) is 0 Å². The van der Waals surface area contributed by atoms with Crippen LogP contribution in [-0.2, 0) is 0 Å². The molecule has 1 aromatic heterocycles. The van der Waals surface area contributed by atoms with E-state index in [0.717, 1.165) is 12.1 Å². The zero-order chi connectivity index (χ0) is 12.8. The van der Waals surface area contributed by atoms with Crippen molar-refractivity contribution in [2.45, 2.75) is 4.90 Å². The largest absolute Gasteiger partial charge is 0.310 e. The van der Waals surface area contributed by atoms with Crippen LogP contribution in [0.5, 0.6) is 0 Å². The highest BCUT2D eigenvalue weighted by Gasteiger charge is 2.65. The molecule has 0 radical (unpaired) electrons. The molecular formula is C9H7F5N2S. The van der Waals surface area contributed by atoms with Gasteiger partial charge in [0.1, 0.15) is 4.90 Å². The van der Waals surface area contributed by atoms with Crippen LogP contribution in [0.25, 0.3) is 5.69 Å². The lowest BCUT2D eigenvalue weighted by molar-refractivity contribution is 0.364. The monoisotopic (exact) mass is 270 g/mol. The van der Waals surface area contributed by atoms with Gasteiger partial charge in [0, 0.05) is 18.1 Å². The summed E-state index contributed by atoms with van der Waals surface area (Å²) in [6, 6.07) is 2.68. The Balaban J connectivity index is 2.46. The summed E-state index contributed by atoms with van der Waals surface area (Å²) in [5.41, 5.74) is 0.327. The predicted molar refractivity (Wildman–Crippen MR) is 55.0 cm³/mol. The molecule has 94 valence electrons. The van der Waals surface area contributed by atoms with E-state index in [1.165, 1.54) is 23.3 Å². The van der Waals surface area contributed by atoms with Gasteiger partial charge in [0.2, 0.25) is 0 Å². The Bertz CT molecular complexity index is 529. The zero-order valence-electron chi connectivity index (χ0n) is 8.23. The molecule has 2 aromatic rings. The quantitative estimate of drug-likeness (QED) is 0.733. The molecule has 0 fully saturated rings. The summed E-state index contributed by atoms with van der Waals surface area (Å²) in [4.78, 5) is 1.80. The van der Waals surface area contributed by atoms with E-state index in [2.05, 4.69) is 4.98 Å². The number of imidazole rings is 1. The molecule has 17 heavy (non-hydrogen) atoms. The van der Waals surface area contributed by atoms with Crippen LogP contribution in [0.15, 0.2) is 47.9 Å². The fourth-order valence-corrected chi connectivity index (χ4v) is 1.94. The molecule has 0 aliphatic carbocycles. The Morgan fingerprint density at radius 2 is 1.53 bits per heavy atom. The van der Waals surface area contributed by atoms with Crippen molar-refractivity contribution in [1.29, 1.82) is 0 Å². The van der Waals surface area contributed by atoms with E-state index in [9.17, 15) is 19.4 Å². The number of rotatable bonds is 2. The predicted octanol–water partition coefficient (Wildman–Crippen LogP) is 4.53. The van der Waals surface area contributed by atoms with Crippen molar-refractivity contribution in [1.82, 2.24) is 9.55 Å². The maximum atomic E-state index is 12.4. The molecule has 1 aromatic carbocycles. The number of hydrogen-bond donors (Lipinski definition) is 0. The summed E-state index contributed by atoms with van der Waals surface area (Å²) in [6.45, 7) is 0. The lowest BCUT2D eigenvalue weighted by atomic mass is 10.3. The maximum absolute atomic E-state index is 12.4. The first-order valence-electron chi connectivity index (χ1n) is 4.39. The van der Waals surface area contributed by atoms with Crippen LogP contribution in [0.3, 0.4) is 0 Å². The number of nitrogens with zero attached hydrogens (tertiary/aromatic N) is 2. The third-order valence-electron chi connectivity index (χ3n) is 2.08. The molecule has 2 nitrogen and oxygen atoms in total. The Kier molecular flexibility index (Phi) is 1.97. The van der Waals surface area contributed by atoms with Gasteiger partial charge in [0.25, 0.3) is 0 Å². The summed E-state index contributed by atoms with van der Waals surface area (Å²) < 4.78 is 63.4. The Morgan fingerprint density at radius 1 is 0.941 bits per heavy atom. The third-order valence-corrected chi connectivity index (χ3v) is 3.25. The first-order valence-corrected chi connectivity index (χ1v) is 6.34. The fraction of sp³-hybridized carbons (Fsp3) is 0. The van der Waals surface area contributed by atoms with Crippen LogP contribution >= 0.6 is 10.2 Å². The van der Waals surface area contributed by atoms with Crippen molar-refractivity contribution in [2.75, 3.05) is 0 Å². The zero-order valence-corrected chi connectivity index (χ0v) is 9.05. The number of halogens is 5. The average molecular weight is 270 g/mol. The summed E-state index contributed by atoms with van der Waals surface area (Å²) in [5.74, 6) is 0. The topological polar surface area (TPSA) is 17.8 Å². The van der Waals surface area contributed by atoms with Gasteiger partial charge in [-0.25, -0.2) is 4.98 Å². The van der Waals surface area contributed by atoms with Gasteiger partial charge < -0.3 is 4.57 Å². The Hall–Kier alpha value is -1.57. The molecule has 0 saturated carbocycles. The van der Waals surface area contributed by atoms with Crippen molar-refractivity contribution >= 4 is 10.2 Å². The van der Waals surface area contributed by atoms with Gasteiger partial charge in [-0.05, 0) is 24.3 Å². The molecule has 0 aliphatic rings. The van der Waals surface area contributed by atoms with Crippen LogP contribution in [0, 0.1) is 0 Å². The Labute approximate surface area is 93.4 Å². The number of aromatic nitrogens is 2. The van der Waals surface area contributed by atoms with E-state index in [1.807, 2.05) is 0 Å². The molecule has 0 unspecified atom stereocenters. The molecule has 0 atom stereocenters. The molecule has 0 amide bonds. The molecule has 8 heteroatoms. The second-order valence-corrected chi connectivity index (χ2v) is 5.84. The van der Waals surface area contributed by atoms with Gasteiger partial charge in [0.15, 0.2) is 0 Å². The SMILES string of the molecule is FS(F)(F)(F)(F)c1ccc(-n2ccnc2)cc1. The van der Waals surface area contributed by atoms with E-state index in [0.29, 0.717) is 17.8 Å². The van der Waals surface area contributed by atoms with E-state index in [4.69, 9.17) is 0 Å². The summed E-state index contributed by atoms with van der Waals surface area (Å²) in [6.07, 6.45) is 4.28. The first-order chi connectivity index (χ1) is 7.56. The van der Waals surface area contributed by atoms with Crippen molar-refractivity contribution in [3.63, 3.8) is 0 Å². The second kappa shape index (κ2) is 2.81. The standard InChI is InChI=1S/C9H7F5N2S/c10-17(11,12,13,14)9-3-1-8(2-4-9)16-6-5-15-7-16/h1-7H. The van der Waals surface area contributed by atoms with E-state index >= 15 is 0 Å². The van der Waals surface area contributed by atoms with Gasteiger partial charge in [0.05, 0.1) is 6.33 Å². The van der Waals surface area contributed by atoms with E-state index in [1.54, 1.807) is 0 Å². The molecule has 0 aliphatic heterocycles. The van der Waals surface area contributed by atoms with Crippen LogP contribution in [0.2, 0.25) is 0 Å². The minimum atomic E-state index is -9.57. The Morgan fingerprint density at radius 3 is 1.94 bits per heavy atom. The van der Waals surface area contributed by atoms with E-state index in [-0.39, 0.29) is 0 Å². The maximum Gasteiger partial charge on any atom is 0.310 e. The molecule has 0 saturated heterocycles. The highest BCUT2D eigenvalue weighted by Crippen LogP contribution is 3.02. The van der Waals surface area contributed by atoms with Crippen molar-refractivity contribution in [3.05, 3.63) is 43.0 Å². The normalized spacial score (nSPS) is 16.3.